The van der Waals surface area contributed by atoms with Gasteiger partial charge in [0, 0.05) is 12.6 Å². The van der Waals surface area contributed by atoms with E-state index in [-0.39, 0.29) is 6.10 Å². The summed E-state index contributed by atoms with van der Waals surface area (Å²) in [4.78, 5) is 4.32. The second-order valence-corrected chi connectivity index (χ2v) is 5.24. The van der Waals surface area contributed by atoms with Gasteiger partial charge in [0.2, 0.25) is 0 Å². The summed E-state index contributed by atoms with van der Waals surface area (Å²) in [5.41, 5.74) is 4.26. The van der Waals surface area contributed by atoms with Crippen molar-refractivity contribution in [1.29, 1.82) is 0 Å². The summed E-state index contributed by atoms with van der Waals surface area (Å²) in [6.07, 6.45) is 1.66. The van der Waals surface area contributed by atoms with Gasteiger partial charge in [-0.15, -0.1) is 11.3 Å². The molecule has 0 amide bonds. The lowest BCUT2D eigenvalue weighted by molar-refractivity contribution is 0.193. The topological polar surface area (TPSA) is 45.1 Å². The molecule has 84 valence electrons. The number of β-amino-alcohol motifs (C(OH)–C–C–N with tert-alkyl or cyclic N) is 1. The number of aromatic nitrogens is 1. The van der Waals surface area contributed by atoms with Crippen LogP contribution in [-0.2, 0) is 6.42 Å². The van der Waals surface area contributed by atoms with E-state index in [0.717, 1.165) is 24.9 Å². The van der Waals surface area contributed by atoms with Crippen LogP contribution in [0.1, 0.15) is 12.0 Å². The summed E-state index contributed by atoms with van der Waals surface area (Å²) in [6.45, 7) is 0.726. The molecule has 0 bridgehead atoms. The molecule has 1 saturated heterocycles. The molecule has 1 aromatic heterocycles. The van der Waals surface area contributed by atoms with E-state index in [0.29, 0.717) is 6.04 Å². The molecule has 1 fully saturated rings. The summed E-state index contributed by atoms with van der Waals surface area (Å²) < 4.78 is 1.24. The standard InChI is InChI=1S/C12H14N2OS/c15-10-5-9(13-6-10)3-8-1-2-12-11(4-8)14-7-16-12/h1-2,4,7,9-10,13,15H,3,5-6H2/t9-,10+/m1/s1. The van der Waals surface area contributed by atoms with E-state index < -0.39 is 0 Å². The molecule has 1 aliphatic heterocycles. The molecule has 0 radical (unpaired) electrons. The largest absolute Gasteiger partial charge is 0.392 e. The van der Waals surface area contributed by atoms with E-state index in [1.807, 2.05) is 5.51 Å². The zero-order valence-electron chi connectivity index (χ0n) is 8.89. The zero-order valence-corrected chi connectivity index (χ0v) is 9.70. The van der Waals surface area contributed by atoms with Crippen molar-refractivity contribution in [1.82, 2.24) is 10.3 Å². The van der Waals surface area contributed by atoms with E-state index in [4.69, 9.17) is 0 Å². The van der Waals surface area contributed by atoms with Gasteiger partial charge in [-0.3, -0.25) is 0 Å². The molecule has 2 atom stereocenters. The maximum atomic E-state index is 9.44. The molecule has 3 rings (SSSR count). The first-order valence-electron chi connectivity index (χ1n) is 5.55. The van der Waals surface area contributed by atoms with Gasteiger partial charge in [0.25, 0.3) is 0 Å². The molecular weight excluding hydrogens is 220 g/mol. The van der Waals surface area contributed by atoms with Crippen LogP contribution in [0.15, 0.2) is 23.7 Å². The number of hydrogen-bond acceptors (Lipinski definition) is 4. The minimum absolute atomic E-state index is 0.173. The predicted molar refractivity (Wildman–Crippen MR) is 65.7 cm³/mol. The third-order valence-corrected chi connectivity index (χ3v) is 3.89. The Morgan fingerprint density at radius 2 is 2.44 bits per heavy atom. The van der Waals surface area contributed by atoms with Crippen molar-refractivity contribution in [2.45, 2.75) is 25.0 Å². The monoisotopic (exact) mass is 234 g/mol. The number of hydrogen-bond donors (Lipinski definition) is 2. The van der Waals surface area contributed by atoms with Crippen LogP contribution in [0.25, 0.3) is 10.2 Å². The smallest absolute Gasteiger partial charge is 0.0814 e. The van der Waals surface area contributed by atoms with E-state index in [9.17, 15) is 5.11 Å². The molecule has 0 saturated carbocycles. The van der Waals surface area contributed by atoms with Crippen molar-refractivity contribution >= 4 is 21.6 Å². The highest BCUT2D eigenvalue weighted by atomic mass is 32.1. The van der Waals surface area contributed by atoms with E-state index in [1.54, 1.807) is 11.3 Å². The minimum atomic E-state index is -0.173. The van der Waals surface area contributed by atoms with Crippen LogP contribution in [-0.4, -0.2) is 28.8 Å². The number of rotatable bonds is 2. The van der Waals surface area contributed by atoms with Gasteiger partial charge in [0.15, 0.2) is 0 Å². The van der Waals surface area contributed by atoms with Gasteiger partial charge >= 0.3 is 0 Å². The van der Waals surface area contributed by atoms with E-state index in [2.05, 4.69) is 28.5 Å². The normalized spacial score (nSPS) is 25.3. The van der Waals surface area contributed by atoms with E-state index in [1.165, 1.54) is 10.3 Å². The molecule has 1 aliphatic rings. The molecule has 2 aromatic rings. The third kappa shape index (κ3) is 1.96. The quantitative estimate of drug-likeness (QED) is 0.829. The van der Waals surface area contributed by atoms with Crippen LogP contribution < -0.4 is 5.32 Å². The summed E-state index contributed by atoms with van der Waals surface area (Å²) in [5.74, 6) is 0. The van der Waals surface area contributed by atoms with Crippen molar-refractivity contribution in [2.75, 3.05) is 6.54 Å². The number of aliphatic hydroxyl groups excluding tert-OH is 1. The second kappa shape index (κ2) is 4.13. The van der Waals surface area contributed by atoms with Crippen molar-refractivity contribution < 1.29 is 5.11 Å². The second-order valence-electron chi connectivity index (χ2n) is 4.35. The van der Waals surface area contributed by atoms with Gasteiger partial charge in [-0.1, -0.05) is 6.07 Å². The fourth-order valence-corrected chi connectivity index (χ4v) is 2.93. The lowest BCUT2D eigenvalue weighted by atomic mass is 10.0. The Hall–Kier alpha value is -0.970. The van der Waals surface area contributed by atoms with Crippen LogP contribution in [0.5, 0.6) is 0 Å². The summed E-state index contributed by atoms with van der Waals surface area (Å²) >= 11 is 1.67. The highest BCUT2D eigenvalue weighted by Gasteiger charge is 2.21. The Morgan fingerprint density at radius 3 is 3.25 bits per heavy atom. The van der Waals surface area contributed by atoms with Crippen LogP contribution in [0, 0.1) is 0 Å². The van der Waals surface area contributed by atoms with Gasteiger partial charge < -0.3 is 10.4 Å². The van der Waals surface area contributed by atoms with Gasteiger partial charge in [0.1, 0.15) is 0 Å². The highest BCUT2D eigenvalue weighted by Crippen LogP contribution is 2.20. The number of fused-ring (bicyclic) bond motifs is 1. The molecule has 4 heteroatoms. The molecule has 0 spiro atoms. The fraction of sp³-hybridized carbons (Fsp3) is 0.417. The first kappa shape index (κ1) is 10.2. The number of benzene rings is 1. The van der Waals surface area contributed by atoms with Crippen LogP contribution in [0.2, 0.25) is 0 Å². The Morgan fingerprint density at radius 1 is 1.50 bits per heavy atom. The molecule has 0 aliphatic carbocycles. The minimum Gasteiger partial charge on any atom is -0.392 e. The molecule has 3 nitrogen and oxygen atoms in total. The van der Waals surface area contributed by atoms with Gasteiger partial charge in [0.05, 0.1) is 21.8 Å². The summed E-state index contributed by atoms with van der Waals surface area (Å²) in [5, 5.41) is 12.8. The van der Waals surface area contributed by atoms with Crippen LogP contribution in [0.3, 0.4) is 0 Å². The average Bonchev–Trinajstić information content (AvgIpc) is 2.87. The lowest BCUT2D eigenvalue weighted by Crippen LogP contribution is -2.23. The van der Waals surface area contributed by atoms with Crippen LogP contribution >= 0.6 is 11.3 Å². The van der Waals surface area contributed by atoms with Crippen molar-refractivity contribution in [3.8, 4) is 0 Å². The van der Waals surface area contributed by atoms with Gasteiger partial charge in [-0.25, -0.2) is 4.98 Å². The van der Waals surface area contributed by atoms with Crippen LogP contribution in [0.4, 0.5) is 0 Å². The van der Waals surface area contributed by atoms with Gasteiger partial charge in [-0.2, -0.15) is 0 Å². The Labute approximate surface area is 98.1 Å². The van der Waals surface area contributed by atoms with E-state index >= 15 is 0 Å². The number of nitrogens with zero attached hydrogens (tertiary/aromatic N) is 1. The van der Waals surface area contributed by atoms with Gasteiger partial charge in [-0.05, 0) is 30.5 Å². The number of thiazole rings is 1. The Bertz CT molecular complexity index is 496. The summed E-state index contributed by atoms with van der Waals surface area (Å²) in [6, 6.07) is 6.85. The molecule has 2 heterocycles. The molecule has 1 aromatic carbocycles. The molecule has 2 N–H and O–H groups in total. The SMILES string of the molecule is O[C@@H]1CN[C@H](Cc2ccc3scnc3c2)C1. The lowest BCUT2D eigenvalue weighted by Gasteiger charge is -2.09. The van der Waals surface area contributed by atoms with Crippen molar-refractivity contribution in [3.05, 3.63) is 29.3 Å². The highest BCUT2D eigenvalue weighted by molar-refractivity contribution is 7.16. The number of aliphatic hydroxyl groups is 1. The first-order valence-corrected chi connectivity index (χ1v) is 6.43. The Kier molecular flexibility index (Phi) is 2.63. The first-order chi connectivity index (χ1) is 7.81. The average molecular weight is 234 g/mol. The van der Waals surface area contributed by atoms with Crippen molar-refractivity contribution in [3.63, 3.8) is 0 Å². The predicted octanol–water partition coefficient (Wildman–Crippen LogP) is 1.56. The fourth-order valence-electron chi connectivity index (χ4n) is 2.27. The van der Waals surface area contributed by atoms with Crippen molar-refractivity contribution in [2.24, 2.45) is 0 Å². The molecule has 16 heavy (non-hydrogen) atoms. The molecule has 0 unspecified atom stereocenters. The zero-order chi connectivity index (χ0) is 11.0. The number of nitrogens with one attached hydrogen (secondary N) is 1. The maximum Gasteiger partial charge on any atom is 0.0814 e. The Balaban J connectivity index is 1.78. The maximum absolute atomic E-state index is 9.44. The molecular formula is C12H14N2OS. The summed E-state index contributed by atoms with van der Waals surface area (Å²) in [7, 11) is 0. The third-order valence-electron chi connectivity index (χ3n) is 3.08.